The molecule has 4 rings (SSSR count). The molecule has 0 radical (unpaired) electrons. The molecular weight excluding hydrogens is 354 g/mol. The van der Waals surface area contributed by atoms with E-state index in [9.17, 15) is 4.79 Å². The molecule has 1 aliphatic rings. The van der Waals surface area contributed by atoms with Crippen LogP contribution < -0.4 is 5.32 Å². The van der Waals surface area contributed by atoms with E-state index in [1.165, 1.54) is 0 Å². The van der Waals surface area contributed by atoms with E-state index >= 15 is 0 Å². The zero-order valence-corrected chi connectivity index (χ0v) is 15.8. The Morgan fingerprint density at radius 2 is 1.37 bits per heavy atom. The quantitative estimate of drug-likeness (QED) is 0.611. The van der Waals surface area contributed by atoms with Crippen molar-refractivity contribution in [2.24, 2.45) is 0 Å². The van der Waals surface area contributed by atoms with E-state index in [4.69, 9.17) is 11.6 Å². The Kier molecular flexibility index (Phi) is 5.00. The van der Waals surface area contributed by atoms with Gasteiger partial charge >= 0.3 is 0 Å². The highest BCUT2D eigenvalue weighted by Gasteiger charge is 2.46. The van der Waals surface area contributed by atoms with Crippen LogP contribution in [-0.4, -0.2) is 5.91 Å². The van der Waals surface area contributed by atoms with Gasteiger partial charge in [-0.1, -0.05) is 90.8 Å². The highest BCUT2D eigenvalue weighted by atomic mass is 35.5. The highest BCUT2D eigenvalue weighted by molar-refractivity contribution is 6.30. The van der Waals surface area contributed by atoms with Crippen LogP contribution in [0.1, 0.15) is 42.0 Å². The van der Waals surface area contributed by atoms with Crippen molar-refractivity contribution in [2.75, 3.05) is 0 Å². The molecule has 1 aliphatic carbocycles. The average molecular weight is 376 g/mol. The van der Waals surface area contributed by atoms with Crippen LogP contribution in [0, 0.1) is 0 Å². The summed E-state index contributed by atoms with van der Waals surface area (Å²) in [5.74, 6) is 0.101. The Bertz CT molecular complexity index is 902. The molecule has 0 saturated heterocycles. The summed E-state index contributed by atoms with van der Waals surface area (Å²) in [6.45, 7) is 0. The molecule has 0 aromatic heterocycles. The van der Waals surface area contributed by atoms with Gasteiger partial charge in [-0.2, -0.15) is 0 Å². The number of carbonyl (C=O) groups is 1. The smallest absolute Gasteiger partial charge is 0.231 e. The van der Waals surface area contributed by atoms with Gasteiger partial charge < -0.3 is 5.32 Å². The van der Waals surface area contributed by atoms with Gasteiger partial charge in [0.2, 0.25) is 5.91 Å². The Labute approximate surface area is 165 Å². The fourth-order valence-corrected chi connectivity index (χ4v) is 3.99. The van der Waals surface area contributed by atoms with Gasteiger partial charge in [0, 0.05) is 5.02 Å². The summed E-state index contributed by atoms with van der Waals surface area (Å²) in [7, 11) is 0. The van der Waals surface area contributed by atoms with E-state index in [0.29, 0.717) is 5.02 Å². The molecule has 2 nitrogen and oxygen atoms in total. The first-order valence-corrected chi connectivity index (χ1v) is 9.74. The van der Waals surface area contributed by atoms with Gasteiger partial charge in [-0.3, -0.25) is 4.79 Å². The lowest BCUT2D eigenvalue weighted by Gasteiger charge is -2.41. The third kappa shape index (κ3) is 3.50. The second-order valence-electron chi connectivity index (χ2n) is 7.17. The second-order valence-corrected chi connectivity index (χ2v) is 7.61. The Balaban J connectivity index is 1.67. The SMILES string of the molecule is O=C(N[C@H](c1ccccc1)c1ccc(Cl)cc1)C1(c2ccccc2)CCC1. The third-order valence-electron chi connectivity index (χ3n) is 5.58. The molecule has 1 fully saturated rings. The summed E-state index contributed by atoms with van der Waals surface area (Å²) < 4.78 is 0. The van der Waals surface area contributed by atoms with E-state index in [1.54, 1.807) is 0 Å². The number of hydrogen-bond acceptors (Lipinski definition) is 1. The average Bonchev–Trinajstić information content (AvgIpc) is 2.68. The first-order chi connectivity index (χ1) is 13.2. The molecule has 136 valence electrons. The fourth-order valence-electron chi connectivity index (χ4n) is 3.86. The third-order valence-corrected chi connectivity index (χ3v) is 5.83. The van der Waals surface area contributed by atoms with E-state index in [0.717, 1.165) is 36.0 Å². The van der Waals surface area contributed by atoms with Crippen molar-refractivity contribution < 1.29 is 4.79 Å². The zero-order chi connectivity index (χ0) is 18.7. The molecule has 0 unspecified atom stereocenters. The number of hydrogen-bond donors (Lipinski definition) is 1. The zero-order valence-electron chi connectivity index (χ0n) is 15.1. The summed E-state index contributed by atoms with van der Waals surface area (Å²) in [4.78, 5) is 13.4. The molecule has 1 N–H and O–H groups in total. The van der Waals surface area contributed by atoms with E-state index in [-0.39, 0.29) is 11.9 Å². The van der Waals surface area contributed by atoms with Crippen LogP contribution in [0.25, 0.3) is 0 Å². The Morgan fingerprint density at radius 3 is 1.93 bits per heavy atom. The maximum absolute atomic E-state index is 13.4. The van der Waals surface area contributed by atoms with Crippen molar-refractivity contribution >= 4 is 17.5 Å². The van der Waals surface area contributed by atoms with Gasteiger partial charge in [0.25, 0.3) is 0 Å². The molecule has 27 heavy (non-hydrogen) atoms. The van der Waals surface area contributed by atoms with Crippen LogP contribution in [0.5, 0.6) is 0 Å². The minimum atomic E-state index is -0.416. The molecule has 1 atom stereocenters. The fraction of sp³-hybridized carbons (Fsp3) is 0.208. The Morgan fingerprint density at radius 1 is 0.815 bits per heavy atom. The maximum Gasteiger partial charge on any atom is 0.231 e. The summed E-state index contributed by atoms with van der Waals surface area (Å²) in [5, 5.41) is 4.02. The lowest BCUT2D eigenvalue weighted by atomic mass is 9.63. The number of benzene rings is 3. The lowest BCUT2D eigenvalue weighted by molar-refractivity contribution is -0.130. The van der Waals surface area contributed by atoms with E-state index in [1.807, 2.05) is 60.7 Å². The van der Waals surface area contributed by atoms with Crippen molar-refractivity contribution in [3.63, 3.8) is 0 Å². The number of rotatable bonds is 5. The topological polar surface area (TPSA) is 29.1 Å². The van der Waals surface area contributed by atoms with Crippen molar-refractivity contribution in [3.05, 3.63) is 107 Å². The van der Waals surface area contributed by atoms with Gasteiger partial charge in [0.15, 0.2) is 0 Å². The van der Waals surface area contributed by atoms with Crippen LogP contribution >= 0.6 is 11.6 Å². The van der Waals surface area contributed by atoms with Crippen LogP contribution in [-0.2, 0) is 10.2 Å². The van der Waals surface area contributed by atoms with E-state index < -0.39 is 5.41 Å². The van der Waals surface area contributed by atoms with Gasteiger partial charge in [-0.05, 0) is 41.7 Å². The van der Waals surface area contributed by atoms with Crippen LogP contribution in [0.4, 0.5) is 0 Å². The highest BCUT2D eigenvalue weighted by Crippen LogP contribution is 2.44. The molecule has 1 amide bonds. The molecule has 0 heterocycles. The number of nitrogens with one attached hydrogen (secondary N) is 1. The second kappa shape index (κ2) is 7.58. The number of carbonyl (C=O) groups excluding carboxylic acids is 1. The predicted molar refractivity (Wildman–Crippen MR) is 110 cm³/mol. The van der Waals surface area contributed by atoms with Gasteiger partial charge in [0.05, 0.1) is 11.5 Å². The lowest BCUT2D eigenvalue weighted by Crippen LogP contribution is -2.50. The minimum absolute atomic E-state index is 0.101. The van der Waals surface area contributed by atoms with Crippen molar-refractivity contribution in [1.29, 1.82) is 0 Å². The molecule has 3 aromatic carbocycles. The Hall–Kier alpha value is -2.58. The summed E-state index contributed by atoms with van der Waals surface area (Å²) in [6.07, 6.45) is 2.87. The molecule has 3 heteroatoms. The van der Waals surface area contributed by atoms with Crippen LogP contribution in [0.15, 0.2) is 84.9 Å². The van der Waals surface area contributed by atoms with Crippen LogP contribution in [0.3, 0.4) is 0 Å². The monoisotopic (exact) mass is 375 g/mol. The van der Waals surface area contributed by atoms with Gasteiger partial charge in [0.1, 0.15) is 0 Å². The maximum atomic E-state index is 13.4. The summed E-state index contributed by atoms with van der Waals surface area (Å²) in [5.41, 5.74) is 2.79. The molecule has 3 aromatic rings. The summed E-state index contributed by atoms with van der Waals surface area (Å²) >= 11 is 6.06. The summed E-state index contributed by atoms with van der Waals surface area (Å²) in [6, 6.07) is 27.8. The number of halogens is 1. The first-order valence-electron chi connectivity index (χ1n) is 9.36. The van der Waals surface area contributed by atoms with Crippen molar-refractivity contribution in [1.82, 2.24) is 5.32 Å². The van der Waals surface area contributed by atoms with E-state index in [2.05, 4.69) is 29.6 Å². The molecule has 0 bridgehead atoms. The van der Waals surface area contributed by atoms with Crippen molar-refractivity contribution in [2.45, 2.75) is 30.7 Å². The molecule has 1 saturated carbocycles. The van der Waals surface area contributed by atoms with Gasteiger partial charge in [-0.15, -0.1) is 0 Å². The predicted octanol–water partition coefficient (Wildman–Crippen LogP) is 5.67. The normalized spacial score (nSPS) is 16.2. The van der Waals surface area contributed by atoms with Gasteiger partial charge in [-0.25, -0.2) is 0 Å². The minimum Gasteiger partial charge on any atom is -0.344 e. The van der Waals surface area contributed by atoms with Crippen LogP contribution in [0.2, 0.25) is 5.02 Å². The largest absolute Gasteiger partial charge is 0.344 e. The standard InChI is InChI=1S/C24H22ClNO/c25-21-14-12-19(13-15-21)22(18-8-3-1-4-9-18)26-23(27)24(16-7-17-24)20-10-5-2-6-11-20/h1-6,8-15,22H,7,16-17H2,(H,26,27)/t22-/m1/s1. The number of amides is 1. The molecule has 0 spiro atoms. The van der Waals surface area contributed by atoms with Crippen molar-refractivity contribution in [3.8, 4) is 0 Å². The molecular formula is C24H22ClNO. The molecule has 0 aliphatic heterocycles. The first kappa shape index (κ1) is 17.8.